The molecule has 0 saturated carbocycles. The zero-order valence-corrected chi connectivity index (χ0v) is 21.2. The second kappa shape index (κ2) is 12.8. The van der Waals surface area contributed by atoms with E-state index < -0.39 is 0 Å². The number of carbonyl (C=O) groups is 2. The van der Waals surface area contributed by atoms with Crippen molar-refractivity contribution in [3.8, 4) is 6.07 Å². The molecule has 1 heterocycles. The third-order valence-electron chi connectivity index (χ3n) is 6.56. The SMILES string of the molecule is Cc1ccc(CNC(=O)c2ccccc2NC(=O)CN2CCCN(Cc3ccc(C#N)cc3)CC2)cc1. The lowest BCUT2D eigenvalue weighted by atomic mass is 10.1. The van der Waals surface area contributed by atoms with Crippen molar-refractivity contribution in [2.75, 3.05) is 38.0 Å². The molecule has 0 radical (unpaired) electrons. The largest absolute Gasteiger partial charge is 0.348 e. The number of hydrogen-bond donors (Lipinski definition) is 2. The molecule has 2 N–H and O–H groups in total. The van der Waals surface area contributed by atoms with Crippen LogP contribution in [0, 0.1) is 18.3 Å². The van der Waals surface area contributed by atoms with Gasteiger partial charge >= 0.3 is 0 Å². The molecule has 0 aromatic heterocycles. The second-order valence-corrected chi connectivity index (χ2v) is 9.48. The highest BCUT2D eigenvalue weighted by atomic mass is 16.2. The van der Waals surface area contributed by atoms with Crippen molar-refractivity contribution in [2.45, 2.75) is 26.4 Å². The molecule has 1 aliphatic rings. The van der Waals surface area contributed by atoms with Crippen LogP contribution in [-0.4, -0.2) is 54.3 Å². The smallest absolute Gasteiger partial charge is 0.253 e. The van der Waals surface area contributed by atoms with Gasteiger partial charge in [-0.3, -0.25) is 19.4 Å². The first-order valence-electron chi connectivity index (χ1n) is 12.7. The van der Waals surface area contributed by atoms with Gasteiger partial charge in [0.05, 0.1) is 29.4 Å². The first-order chi connectivity index (χ1) is 18.0. The fraction of sp³-hybridized carbons (Fsp3) is 0.300. The number of para-hydroxylation sites is 1. The zero-order valence-electron chi connectivity index (χ0n) is 21.2. The first-order valence-corrected chi connectivity index (χ1v) is 12.7. The van der Waals surface area contributed by atoms with E-state index >= 15 is 0 Å². The number of hydrogen-bond acceptors (Lipinski definition) is 5. The molecule has 0 unspecified atom stereocenters. The third-order valence-corrected chi connectivity index (χ3v) is 6.56. The molecule has 37 heavy (non-hydrogen) atoms. The molecule has 3 aromatic rings. The molecule has 190 valence electrons. The summed E-state index contributed by atoms with van der Waals surface area (Å²) in [6.45, 7) is 7.03. The van der Waals surface area contributed by atoms with Crippen LogP contribution in [0.3, 0.4) is 0 Å². The Morgan fingerprint density at radius 3 is 2.30 bits per heavy atom. The van der Waals surface area contributed by atoms with Crippen LogP contribution in [-0.2, 0) is 17.9 Å². The molecular weight excluding hydrogens is 462 g/mol. The van der Waals surface area contributed by atoms with Crippen molar-refractivity contribution in [2.24, 2.45) is 0 Å². The number of nitriles is 1. The summed E-state index contributed by atoms with van der Waals surface area (Å²) in [7, 11) is 0. The zero-order chi connectivity index (χ0) is 26.0. The minimum Gasteiger partial charge on any atom is -0.348 e. The van der Waals surface area contributed by atoms with Gasteiger partial charge in [0, 0.05) is 26.2 Å². The van der Waals surface area contributed by atoms with Gasteiger partial charge in [0.15, 0.2) is 0 Å². The van der Waals surface area contributed by atoms with Gasteiger partial charge in [-0.2, -0.15) is 5.26 Å². The molecule has 0 bridgehead atoms. The van der Waals surface area contributed by atoms with Crippen molar-refractivity contribution in [3.05, 3.63) is 101 Å². The van der Waals surface area contributed by atoms with Gasteiger partial charge in [-0.25, -0.2) is 0 Å². The molecule has 1 aliphatic heterocycles. The fourth-order valence-electron chi connectivity index (χ4n) is 4.45. The molecule has 0 spiro atoms. The fourth-order valence-corrected chi connectivity index (χ4v) is 4.45. The standard InChI is InChI=1S/C30H33N5O2/c1-23-7-9-25(10-8-23)20-32-30(37)27-5-2-3-6-28(27)33-29(36)22-35-16-4-15-34(17-18-35)21-26-13-11-24(19-31)12-14-26/h2-3,5-14H,4,15-18,20-22H2,1H3,(H,32,37)(H,33,36). The average molecular weight is 496 g/mol. The molecule has 1 fully saturated rings. The van der Waals surface area contributed by atoms with E-state index in [1.165, 1.54) is 11.1 Å². The normalized spacial score (nSPS) is 14.4. The molecule has 0 aliphatic carbocycles. The number of carbonyl (C=O) groups excluding carboxylic acids is 2. The van der Waals surface area contributed by atoms with Gasteiger partial charge in [0.25, 0.3) is 5.91 Å². The van der Waals surface area contributed by atoms with E-state index in [1.807, 2.05) is 61.5 Å². The maximum atomic E-state index is 12.9. The first kappa shape index (κ1) is 26.1. The summed E-state index contributed by atoms with van der Waals surface area (Å²) in [6.07, 6.45) is 0.974. The Balaban J connectivity index is 1.28. The predicted molar refractivity (Wildman–Crippen MR) is 145 cm³/mol. The predicted octanol–water partition coefficient (Wildman–Crippen LogP) is 3.94. The van der Waals surface area contributed by atoms with Crippen molar-refractivity contribution in [3.63, 3.8) is 0 Å². The number of nitrogens with zero attached hydrogens (tertiary/aromatic N) is 3. The van der Waals surface area contributed by atoms with Crippen LogP contribution in [0.25, 0.3) is 0 Å². The van der Waals surface area contributed by atoms with Crippen LogP contribution in [0.1, 0.15) is 39.0 Å². The monoisotopic (exact) mass is 495 g/mol. The van der Waals surface area contributed by atoms with Gasteiger partial charge in [0.1, 0.15) is 0 Å². The average Bonchev–Trinajstić information content (AvgIpc) is 3.13. The Morgan fingerprint density at radius 1 is 0.865 bits per heavy atom. The summed E-state index contributed by atoms with van der Waals surface area (Å²) in [5.41, 5.74) is 5.02. The van der Waals surface area contributed by atoms with Crippen LogP contribution >= 0.6 is 0 Å². The number of nitrogens with one attached hydrogen (secondary N) is 2. The molecule has 0 atom stereocenters. The van der Waals surface area contributed by atoms with E-state index in [1.54, 1.807) is 18.2 Å². The minimum atomic E-state index is -0.218. The lowest BCUT2D eigenvalue weighted by Crippen LogP contribution is -2.36. The topological polar surface area (TPSA) is 88.5 Å². The van der Waals surface area contributed by atoms with Crippen LogP contribution in [0.4, 0.5) is 5.69 Å². The van der Waals surface area contributed by atoms with Gasteiger partial charge in [0.2, 0.25) is 5.91 Å². The van der Waals surface area contributed by atoms with E-state index in [-0.39, 0.29) is 18.4 Å². The maximum absolute atomic E-state index is 12.9. The lowest BCUT2D eigenvalue weighted by Gasteiger charge is -2.22. The van der Waals surface area contributed by atoms with E-state index in [2.05, 4.69) is 26.5 Å². The number of anilines is 1. The van der Waals surface area contributed by atoms with E-state index in [9.17, 15) is 9.59 Å². The molecular formula is C30H33N5O2. The summed E-state index contributed by atoms with van der Waals surface area (Å²) in [6, 6.07) is 25.0. The summed E-state index contributed by atoms with van der Waals surface area (Å²) in [4.78, 5) is 30.3. The van der Waals surface area contributed by atoms with Crippen molar-refractivity contribution >= 4 is 17.5 Å². The maximum Gasteiger partial charge on any atom is 0.253 e. The van der Waals surface area contributed by atoms with E-state index in [4.69, 9.17) is 5.26 Å². The number of benzene rings is 3. The molecule has 3 aromatic carbocycles. The minimum absolute atomic E-state index is 0.126. The molecule has 7 nitrogen and oxygen atoms in total. The summed E-state index contributed by atoms with van der Waals surface area (Å²) in [5.74, 6) is -0.344. The number of amides is 2. The highest BCUT2D eigenvalue weighted by Gasteiger charge is 2.19. The Bertz CT molecular complexity index is 1250. The molecule has 7 heteroatoms. The highest BCUT2D eigenvalue weighted by molar-refractivity contribution is 6.04. The van der Waals surface area contributed by atoms with E-state index in [0.29, 0.717) is 23.4 Å². The third kappa shape index (κ3) is 7.74. The highest BCUT2D eigenvalue weighted by Crippen LogP contribution is 2.16. The van der Waals surface area contributed by atoms with Crippen LogP contribution in [0.5, 0.6) is 0 Å². The van der Waals surface area contributed by atoms with Gasteiger partial charge in [-0.05, 0) is 61.8 Å². The van der Waals surface area contributed by atoms with Gasteiger partial charge in [-0.15, -0.1) is 0 Å². The second-order valence-electron chi connectivity index (χ2n) is 9.48. The quantitative estimate of drug-likeness (QED) is 0.494. The van der Waals surface area contributed by atoms with Crippen molar-refractivity contribution in [1.82, 2.24) is 15.1 Å². The van der Waals surface area contributed by atoms with Crippen molar-refractivity contribution in [1.29, 1.82) is 5.26 Å². The number of aryl methyl sites for hydroxylation is 1. The van der Waals surface area contributed by atoms with E-state index in [0.717, 1.165) is 44.7 Å². The Morgan fingerprint density at radius 2 is 1.54 bits per heavy atom. The molecule has 1 saturated heterocycles. The van der Waals surface area contributed by atoms with Gasteiger partial charge in [-0.1, -0.05) is 54.1 Å². The summed E-state index contributed by atoms with van der Waals surface area (Å²) in [5, 5.41) is 14.9. The van der Waals surface area contributed by atoms with Crippen molar-refractivity contribution < 1.29 is 9.59 Å². The lowest BCUT2D eigenvalue weighted by molar-refractivity contribution is -0.117. The van der Waals surface area contributed by atoms with Crippen LogP contribution in [0.2, 0.25) is 0 Å². The Kier molecular flexibility index (Phi) is 9.03. The Labute approximate surface area is 218 Å². The van der Waals surface area contributed by atoms with Gasteiger partial charge < -0.3 is 10.6 Å². The van der Waals surface area contributed by atoms with Crippen LogP contribution < -0.4 is 10.6 Å². The summed E-state index contributed by atoms with van der Waals surface area (Å²) < 4.78 is 0. The molecule has 4 rings (SSSR count). The van der Waals surface area contributed by atoms with Crippen LogP contribution in [0.15, 0.2) is 72.8 Å². The summed E-state index contributed by atoms with van der Waals surface area (Å²) >= 11 is 0. The Hall–Kier alpha value is -3.99. The molecule has 2 amide bonds. The number of rotatable bonds is 8.